The number of hydrogen-bond acceptors (Lipinski definition) is 1. The number of aliphatic hydroxyl groups is 1. The standard InChI is InChI=1S/C9H12O/c10-8-4-7-9-5-2-1-3-6-9/h1-3,5-6,10H,4,7-8H2/i7D2. The van der Waals surface area contributed by atoms with Gasteiger partial charge in [0.05, 0.1) is 0 Å². The molecule has 0 aromatic heterocycles. The molecule has 0 atom stereocenters. The first-order valence-electron chi connectivity index (χ1n) is 4.33. The maximum atomic E-state index is 8.62. The van der Waals surface area contributed by atoms with Crippen molar-refractivity contribution in [1.82, 2.24) is 0 Å². The summed E-state index contributed by atoms with van der Waals surface area (Å²) in [6.45, 7) is -0.123. The van der Waals surface area contributed by atoms with Crippen molar-refractivity contribution in [3.05, 3.63) is 35.9 Å². The molecule has 1 heteroatoms. The van der Waals surface area contributed by atoms with Crippen molar-refractivity contribution in [1.29, 1.82) is 0 Å². The van der Waals surface area contributed by atoms with E-state index in [0.717, 1.165) is 0 Å². The minimum Gasteiger partial charge on any atom is -0.396 e. The first-order valence-corrected chi connectivity index (χ1v) is 3.33. The number of aryl methyl sites for hydroxylation is 1. The monoisotopic (exact) mass is 138 g/mol. The van der Waals surface area contributed by atoms with Gasteiger partial charge in [0.1, 0.15) is 0 Å². The minimum absolute atomic E-state index is 0.123. The molecule has 1 aromatic rings. The maximum Gasteiger partial charge on any atom is 0.0434 e. The molecule has 0 saturated heterocycles. The van der Waals surface area contributed by atoms with Crippen LogP contribution in [0.4, 0.5) is 0 Å². The molecule has 1 rings (SSSR count). The van der Waals surface area contributed by atoms with Crippen molar-refractivity contribution in [2.75, 3.05) is 6.61 Å². The Bertz CT molecular complexity index is 234. The molecule has 0 radical (unpaired) electrons. The fraction of sp³-hybridized carbons (Fsp3) is 0.333. The number of aliphatic hydroxyl groups excluding tert-OH is 1. The second-order valence-electron chi connectivity index (χ2n) is 2.02. The molecule has 10 heavy (non-hydrogen) atoms. The Morgan fingerprint density at radius 2 is 2.00 bits per heavy atom. The van der Waals surface area contributed by atoms with E-state index in [1.54, 1.807) is 24.3 Å². The molecule has 0 fully saturated rings. The Balaban J connectivity index is 2.82. The molecule has 1 nitrogen and oxygen atoms in total. The van der Waals surface area contributed by atoms with E-state index >= 15 is 0 Å². The quantitative estimate of drug-likeness (QED) is 0.672. The van der Waals surface area contributed by atoms with Crippen molar-refractivity contribution in [3.63, 3.8) is 0 Å². The summed E-state index contributed by atoms with van der Waals surface area (Å²) in [5.41, 5.74) is 0.624. The molecule has 0 aliphatic heterocycles. The molecule has 0 heterocycles. The molecular formula is C9H12O. The maximum absolute atomic E-state index is 8.62. The first kappa shape index (κ1) is 4.91. The lowest BCUT2D eigenvalue weighted by Crippen LogP contribution is -1.87. The predicted octanol–water partition coefficient (Wildman–Crippen LogP) is 1.61. The lowest BCUT2D eigenvalue weighted by atomic mass is 10.1. The fourth-order valence-electron chi connectivity index (χ4n) is 0.756. The molecule has 0 amide bonds. The molecule has 0 bridgehead atoms. The summed E-state index contributed by atoms with van der Waals surface area (Å²) < 4.78 is 15.1. The Labute approximate surface area is 64.1 Å². The van der Waals surface area contributed by atoms with Crippen molar-refractivity contribution in [3.8, 4) is 0 Å². The van der Waals surface area contributed by atoms with Crippen LogP contribution in [0.3, 0.4) is 0 Å². The van der Waals surface area contributed by atoms with E-state index in [9.17, 15) is 0 Å². The van der Waals surface area contributed by atoms with Gasteiger partial charge in [0, 0.05) is 9.35 Å². The molecule has 0 spiro atoms. The zero-order chi connectivity index (χ0) is 9.03. The average Bonchev–Trinajstić information content (AvgIpc) is 2.06. The third kappa shape index (κ3) is 2.19. The number of rotatable bonds is 3. The van der Waals surface area contributed by atoms with Gasteiger partial charge in [-0.1, -0.05) is 30.3 Å². The summed E-state index contributed by atoms with van der Waals surface area (Å²) in [4.78, 5) is 0. The Kier molecular flexibility index (Phi) is 2.00. The summed E-state index contributed by atoms with van der Waals surface area (Å²) in [7, 11) is 0. The smallest absolute Gasteiger partial charge is 0.0434 e. The molecule has 0 saturated carbocycles. The summed E-state index contributed by atoms with van der Waals surface area (Å²) >= 11 is 0. The van der Waals surface area contributed by atoms with E-state index < -0.39 is 6.37 Å². The SMILES string of the molecule is [2H]C([2H])(CCO)c1ccccc1. The summed E-state index contributed by atoms with van der Waals surface area (Å²) in [5.74, 6) is 0. The molecular weight excluding hydrogens is 124 g/mol. The lowest BCUT2D eigenvalue weighted by molar-refractivity contribution is 0.288. The van der Waals surface area contributed by atoms with Crippen LogP contribution in [-0.2, 0) is 6.37 Å². The van der Waals surface area contributed by atoms with E-state index in [1.165, 1.54) is 0 Å². The van der Waals surface area contributed by atoms with Crippen LogP contribution in [0.25, 0.3) is 0 Å². The molecule has 0 aliphatic rings. The van der Waals surface area contributed by atoms with Crippen molar-refractivity contribution in [2.45, 2.75) is 12.8 Å². The van der Waals surface area contributed by atoms with Crippen molar-refractivity contribution in [2.24, 2.45) is 0 Å². The highest BCUT2D eigenvalue weighted by molar-refractivity contribution is 5.14. The van der Waals surface area contributed by atoms with Crippen LogP contribution in [0.2, 0.25) is 0 Å². The largest absolute Gasteiger partial charge is 0.396 e. The van der Waals surface area contributed by atoms with Gasteiger partial charge in [-0.3, -0.25) is 0 Å². The van der Waals surface area contributed by atoms with E-state index in [-0.39, 0.29) is 13.0 Å². The van der Waals surface area contributed by atoms with Gasteiger partial charge in [0.2, 0.25) is 0 Å². The topological polar surface area (TPSA) is 20.2 Å². The van der Waals surface area contributed by atoms with Crippen LogP contribution in [0, 0.1) is 0 Å². The highest BCUT2D eigenvalue weighted by Crippen LogP contribution is 2.00. The van der Waals surface area contributed by atoms with E-state index in [1.807, 2.05) is 6.07 Å². The van der Waals surface area contributed by atoms with Gasteiger partial charge in [-0.2, -0.15) is 0 Å². The van der Waals surface area contributed by atoms with Gasteiger partial charge in [-0.15, -0.1) is 0 Å². The van der Waals surface area contributed by atoms with Gasteiger partial charge in [0.25, 0.3) is 0 Å². The van der Waals surface area contributed by atoms with E-state index in [0.29, 0.717) is 5.56 Å². The Morgan fingerprint density at radius 3 is 2.60 bits per heavy atom. The second-order valence-corrected chi connectivity index (χ2v) is 2.02. The van der Waals surface area contributed by atoms with Gasteiger partial charge < -0.3 is 5.11 Å². The summed E-state index contributed by atoms with van der Waals surface area (Å²) in [5, 5.41) is 8.62. The first-order chi connectivity index (χ1) is 5.67. The highest BCUT2D eigenvalue weighted by atomic mass is 16.2. The second kappa shape index (κ2) is 4.07. The van der Waals surface area contributed by atoms with E-state index in [4.69, 9.17) is 7.85 Å². The average molecular weight is 138 g/mol. The zero-order valence-electron chi connectivity index (χ0n) is 7.75. The van der Waals surface area contributed by atoms with Crippen molar-refractivity contribution >= 4 is 0 Å². The molecule has 0 unspecified atom stereocenters. The Morgan fingerprint density at radius 1 is 1.30 bits per heavy atom. The fourth-order valence-corrected chi connectivity index (χ4v) is 0.756. The minimum atomic E-state index is -1.41. The third-order valence-electron chi connectivity index (χ3n) is 1.21. The van der Waals surface area contributed by atoms with Crippen LogP contribution < -0.4 is 0 Å². The third-order valence-corrected chi connectivity index (χ3v) is 1.21. The van der Waals surface area contributed by atoms with Crippen LogP contribution in [0.15, 0.2) is 30.3 Å². The highest BCUT2D eigenvalue weighted by Gasteiger charge is 1.87. The van der Waals surface area contributed by atoms with Crippen molar-refractivity contribution < 1.29 is 7.85 Å². The lowest BCUT2D eigenvalue weighted by Gasteiger charge is -1.96. The molecule has 1 aromatic carbocycles. The normalized spacial score (nSPS) is 14.1. The van der Waals surface area contributed by atoms with Gasteiger partial charge in [0.15, 0.2) is 0 Å². The zero-order valence-corrected chi connectivity index (χ0v) is 5.75. The van der Waals surface area contributed by atoms with Crippen LogP contribution in [0.1, 0.15) is 14.7 Å². The summed E-state index contributed by atoms with van der Waals surface area (Å²) in [6.07, 6.45) is -1.26. The van der Waals surface area contributed by atoms with Crippen LogP contribution >= 0.6 is 0 Å². The molecule has 0 aliphatic carbocycles. The van der Waals surface area contributed by atoms with Crippen LogP contribution in [-0.4, -0.2) is 11.7 Å². The summed E-state index contributed by atoms with van der Waals surface area (Å²) in [6, 6.07) is 8.90. The Hall–Kier alpha value is -0.820. The van der Waals surface area contributed by atoms with Gasteiger partial charge in [-0.05, 0) is 18.4 Å². The molecule has 1 N–H and O–H groups in total. The van der Waals surface area contributed by atoms with Crippen LogP contribution in [0.5, 0.6) is 0 Å². The van der Waals surface area contributed by atoms with Gasteiger partial charge in [-0.25, -0.2) is 0 Å². The number of benzene rings is 1. The number of hydrogen-bond donors (Lipinski definition) is 1. The molecule has 54 valence electrons. The van der Waals surface area contributed by atoms with Gasteiger partial charge >= 0.3 is 0 Å². The predicted molar refractivity (Wildman–Crippen MR) is 41.8 cm³/mol. The van der Waals surface area contributed by atoms with E-state index in [2.05, 4.69) is 0 Å².